The van der Waals surface area contributed by atoms with E-state index in [9.17, 15) is 4.79 Å². The van der Waals surface area contributed by atoms with Gasteiger partial charge in [-0.3, -0.25) is 4.90 Å². The van der Waals surface area contributed by atoms with Gasteiger partial charge in [0.25, 0.3) is 0 Å². The third-order valence-electron chi connectivity index (χ3n) is 4.86. The standard InChI is InChI=1S/C23H27N3O2/c1-4-17(7-5-16(2)6-10-22(27)28)23-21-9-8-18(20(14-24)15-25)13-19(21)11-12-26(23)3/h4-10,13-15,23-24H,2,11-12,25H2,1,3H3,(H,27,28)/b7-5-,10-6+,17-4+,20-15+,24-14?. The zero-order chi connectivity index (χ0) is 20.7. The molecule has 28 heavy (non-hydrogen) atoms. The molecule has 0 amide bonds. The minimum atomic E-state index is -0.992. The Morgan fingerprint density at radius 3 is 2.64 bits per heavy atom. The van der Waals surface area contributed by atoms with Crippen molar-refractivity contribution in [2.24, 2.45) is 5.73 Å². The second kappa shape index (κ2) is 9.67. The Morgan fingerprint density at radius 2 is 2.04 bits per heavy atom. The van der Waals surface area contributed by atoms with Gasteiger partial charge in [0, 0.05) is 30.6 Å². The van der Waals surface area contributed by atoms with Crippen LogP contribution in [0.2, 0.25) is 0 Å². The second-order valence-electron chi connectivity index (χ2n) is 6.68. The van der Waals surface area contributed by atoms with E-state index in [0.29, 0.717) is 11.1 Å². The van der Waals surface area contributed by atoms with Gasteiger partial charge in [-0.15, -0.1) is 0 Å². The van der Waals surface area contributed by atoms with Crippen LogP contribution >= 0.6 is 0 Å². The van der Waals surface area contributed by atoms with Gasteiger partial charge in [-0.05, 0) is 54.3 Å². The van der Waals surface area contributed by atoms with Crippen LogP contribution in [0.15, 0.2) is 72.5 Å². The summed E-state index contributed by atoms with van der Waals surface area (Å²) in [6.45, 7) is 6.79. The predicted molar refractivity (Wildman–Crippen MR) is 115 cm³/mol. The number of nitrogens with two attached hydrogens (primary N) is 1. The van der Waals surface area contributed by atoms with Gasteiger partial charge in [-0.2, -0.15) is 0 Å². The van der Waals surface area contributed by atoms with Crippen LogP contribution in [-0.4, -0.2) is 35.8 Å². The molecule has 0 radical (unpaired) electrons. The Kier molecular flexibility index (Phi) is 7.29. The normalized spacial score (nSPS) is 18.4. The van der Waals surface area contributed by atoms with Crippen LogP contribution in [0.3, 0.4) is 0 Å². The summed E-state index contributed by atoms with van der Waals surface area (Å²) in [7, 11) is 2.10. The van der Waals surface area contributed by atoms with Gasteiger partial charge in [0.1, 0.15) is 0 Å². The first kappa shape index (κ1) is 21.1. The predicted octanol–water partition coefficient (Wildman–Crippen LogP) is 3.86. The Morgan fingerprint density at radius 1 is 1.32 bits per heavy atom. The number of fused-ring (bicyclic) bond motifs is 1. The molecule has 2 rings (SSSR count). The van der Waals surface area contributed by atoms with E-state index in [4.69, 9.17) is 16.2 Å². The smallest absolute Gasteiger partial charge is 0.328 e. The maximum Gasteiger partial charge on any atom is 0.328 e. The Hall–Kier alpha value is -3.18. The van der Waals surface area contributed by atoms with E-state index in [1.165, 1.54) is 29.6 Å². The molecule has 1 unspecified atom stereocenters. The lowest BCUT2D eigenvalue weighted by molar-refractivity contribution is -0.131. The molecule has 0 saturated carbocycles. The van der Waals surface area contributed by atoms with Crippen molar-refractivity contribution >= 4 is 17.8 Å². The highest BCUT2D eigenvalue weighted by Gasteiger charge is 2.26. The van der Waals surface area contributed by atoms with Crippen molar-refractivity contribution in [2.45, 2.75) is 19.4 Å². The van der Waals surface area contributed by atoms with Crippen LogP contribution in [0.5, 0.6) is 0 Å². The molecule has 0 saturated heterocycles. The number of allylic oxidation sites excluding steroid dienone is 5. The summed E-state index contributed by atoms with van der Waals surface area (Å²) >= 11 is 0. The van der Waals surface area contributed by atoms with Crippen molar-refractivity contribution in [1.29, 1.82) is 5.41 Å². The minimum absolute atomic E-state index is 0.0978. The monoisotopic (exact) mass is 377 g/mol. The van der Waals surface area contributed by atoms with Crippen molar-refractivity contribution < 1.29 is 9.90 Å². The number of benzene rings is 1. The van der Waals surface area contributed by atoms with Gasteiger partial charge < -0.3 is 16.2 Å². The number of aliphatic carboxylic acids is 1. The molecular formula is C23H27N3O2. The molecule has 0 bridgehead atoms. The average Bonchev–Trinajstić information content (AvgIpc) is 2.69. The molecule has 4 N–H and O–H groups in total. The molecule has 0 spiro atoms. The SMILES string of the molecule is C=C(/C=C\C(=C/C)C1c2ccc(/C(C=N)=C/N)cc2CCN1C)/C=C/C(=O)O. The summed E-state index contributed by atoms with van der Waals surface area (Å²) in [5, 5.41) is 16.2. The number of carbonyl (C=O) groups is 1. The molecule has 0 aromatic heterocycles. The molecule has 1 aliphatic heterocycles. The molecule has 1 heterocycles. The molecule has 0 aliphatic carbocycles. The van der Waals surface area contributed by atoms with Crippen LogP contribution in [0.25, 0.3) is 5.57 Å². The summed E-state index contributed by atoms with van der Waals surface area (Å²) < 4.78 is 0. The highest BCUT2D eigenvalue weighted by atomic mass is 16.4. The van der Waals surface area contributed by atoms with Crippen LogP contribution in [-0.2, 0) is 11.2 Å². The highest BCUT2D eigenvalue weighted by molar-refractivity contribution is 6.08. The van der Waals surface area contributed by atoms with Crippen LogP contribution in [0.4, 0.5) is 0 Å². The maximum atomic E-state index is 10.6. The third kappa shape index (κ3) is 4.96. The molecule has 146 valence electrons. The van der Waals surface area contributed by atoms with Crippen molar-refractivity contribution in [3.8, 4) is 0 Å². The first-order valence-corrected chi connectivity index (χ1v) is 9.11. The van der Waals surface area contributed by atoms with Gasteiger partial charge in [-0.25, -0.2) is 4.79 Å². The fraction of sp³-hybridized carbons (Fsp3) is 0.217. The first-order valence-electron chi connectivity index (χ1n) is 9.11. The Bertz CT molecular complexity index is 891. The highest BCUT2D eigenvalue weighted by Crippen LogP contribution is 2.36. The summed E-state index contributed by atoms with van der Waals surface area (Å²) in [6.07, 6.45) is 12.1. The van der Waals surface area contributed by atoms with E-state index in [1.807, 2.05) is 25.1 Å². The summed E-state index contributed by atoms with van der Waals surface area (Å²) in [5.74, 6) is -0.992. The lowest BCUT2D eigenvalue weighted by Crippen LogP contribution is -2.33. The van der Waals surface area contributed by atoms with E-state index in [1.54, 1.807) is 0 Å². The Balaban J connectivity index is 2.36. The molecule has 5 nitrogen and oxygen atoms in total. The van der Waals surface area contributed by atoms with Crippen LogP contribution in [0, 0.1) is 5.41 Å². The largest absolute Gasteiger partial charge is 0.478 e. The van der Waals surface area contributed by atoms with Gasteiger partial charge >= 0.3 is 5.97 Å². The summed E-state index contributed by atoms with van der Waals surface area (Å²) in [5.41, 5.74) is 11.5. The van der Waals surface area contributed by atoms with E-state index in [0.717, 1.165) is 30.2 Å². The van der Waals surface area contributed by atoms with Gasteiger partial charge in [0.05, 0.1) is 6.04 Å². The van der Waals surface area contributed by atoms with E-state index < -0.39 is 5.97 Å². The number of carboxylic acids is 1. The average molecular weight is 377 g/mol. The topological polar surface area (TPSA) is 90.4 Å². The van der Waals surface area contributed by atoms with Gasteiger partial charge in [-0.1, -0.05) is 43.0 Å². The summed E-state index contributed by atoms with van der Waals surface area (Å²) in [6, 6.07) is 6.32. The lowest BCUT2D eigenvalue weighted by Gasteiger charge is -2.36. The first-order chi connectivity index (χ1) is 13.4. The molecule has 1 aliphatic rings. The van der Waals surface area contributed by atoms with Crippen molar-refractivity contribution in [2.75, 3.05) is 13.6 Å². The second-order valence-corrected chi connectivity index (χ2v) is 6.68. The quantitative estimate of drug-likeness (QED) is 0.382. The zero-order valence-corrected chi connectivity index (χ0v) is 16.4. The van der Waals surface area contributed by atoms with Crippen molar-refractivity contribution in [1.82, 2.24) is 4.90 Å². The van der Waals surface area contributed by atoms with Gasteiger partial charge in [0.15, 0.2) is 0 Å². The lowest BCUT2D eigenvalue weighted by atomic mass is 9.86. The minimum Gasteiger partial charge on any atom is -0.478 e. The summed E-state index contributed by atoms with van der Waals surface area (Å²) in [4.78, 5) is 12.9. The molecular weight excluding hydrogens is 350 g/mol. The zero-order valence-electron chi connectivity index (χ0n) is 16.4. The number of carboxylic acid groups (broad SMARTS) is 1. The maximum absolute atomic E-state index is 10.6. The van der Waals surface area contributed by atoms with E-state index in [-0.39, 0.29) is 6.04 Å². The Labute approximate surface area is 166 Å². The molecule has 0 fully saturated rings. The number of hydrogen-bond donors (Lipinski definition) is 3. The fourth-order valence-electron chi connectivity index (χ4n) is 3.38. The van der Waals surface area contributed by atoms with Crippen molar-refractivity contribution in [3.05, 3.63) is 89.2 Å². The molecule has 1 aromatic rings. The number of likely N-dealkylation sites (N-methyl/N-ethyl adjacent to an activating group) is 1. The fourth-order valence-corrected chi connectivity index (χ4v) is 3.38. The van der Waals surface area contributed by atoms with Crippen molar-refractivity contribution in [3.63, 3.8) is 0 Å². The van der Waals surface area contributed by atoms with E-state index >= 15 is 0 Å². The number of rotatable bonds is 7. The van der Waals surface area contributed by atoms with Gasteiger partial charge in [0.2, 0.25) is 0 Å². The molecule has 1 aromatic carbocycles. The molecule has 1 atom stereocenters. The van der Waals surface area contributed by atoms with E-state index in [2.05, 4.69) is 36.7 Å². The number of nitrogens with zero attached hydrogens (tertiary/aromatic N) is 1. The number of nitrogens with one attached hydrogen (secondary N) is 1. The van der Waals surface area contributed by atoms with Crippen LogP contribution < -0.4 is 5.73 Å². The molecule has 5 heteroatoms. The third-order valence-corrected chi connectivity index (χ3v) is 4.86. The van der Waals surface area contributed by atoms with Crippen LogP contribution in [0.1, 0.15) is 29.7 Å². The number of hydrogen-bond acceptors (Lipinski definition) is 4.